The number of alkyl halides is 3. The quantitative estimate of drug-likeness (QED) is 0.324. The molecule has 1 saturated heterocycles. The first-order valence-corrected chi connectivity index (χ1v) is 12.8. The average molecular weight is 546 g/mol. The van der Waals surface area contributed by atoms with Crippen LogP contribution in [0.2, 0.25) is 0 Å². The number of urea groups is 1. The smallest absolute Gasteiger partial charge is 0.363 e. The average Bonchev–Trinajstić information content (AvgIpc) is 3.61. The largest absolute Gasteiger partial charge is 0.408 e. The fourth-order valence-corrected chi connectivity index (χ4v) is 5.43. The molecule has 38 heavy (non-hydrogen) atoms. The van der Waals surface area contributed by atoms with Crippen molar-refractivity contribution in [2.45, 2.75) is 91.1 Å². The van der Waals surface area contributed by atoms with Crippen LogP contribution in [-0.4, -0.2) is 71.3 Å². The number of likely N-dealkylation sites (tertiary alicyclic amines) is 1. The summed E-state index contributed by atoms with van der Waals surface area (Å²) in [5.74, 6) is -3.32. The van der Waals surface area contributed by atoms with E-state index in [1.54, 1.807) is 26.1 Å². The summed E-state index contributed by atoms with van der Waals surface area (Å²) in [6.45, 7) is 9.87. The summed E-state index contributed by atoms with van der Waals surface area (Å²) in [4.78, 5) is 65.0. The number of piperidine rings is 1. The molecule has 0 radical (unpaired) electrons. The molecule has 13 heteroatoms. The first-order valence-electron chi connectivity index (χ1n) is 12.8. The first kappa shape index (κ1) is 29.7. The molecule has 3 rings (SSSR count). The third kappa shape index (κ3) is 6.23. The van der Waals surface area contributed by atoms with Crippen molar-refractivity contribution in [3.63, 3.8) is 0 Å². The van der Waals surface area contributed by atoms with Gasteiger partial charge in [-0.3, -0.25) is 19.2 Å². The molecule has 0 aromatic carbocycles. The maximum absolute atomic E-state index is 13.8. The highest BCUT2D eigenvalue weighted by Crippen LogP contribution is 2.65. The van der Waals surface area contributed by atoms with Crippen LogP contribution in [0, 0.1) is 28.6 Å². The lowest BCUT2D eigenvalue weighted by Crippen LogP contribution is -2.62. The minimum absolute atomic E-state index is 0.0179. The van der Waals surface area contributed by atoms with Crippen molar-refractivity contribution < 1.29 is 37.1 Å². The highest BCUT2D eigenvalue weighted by Gasteiger charge is 2.70. The zero-order valence-corrected chi connectivity index (χ0v) is 22.6. The Balaban J connectivity index is 1.81. The van der Waals surface area contributed by atoms with Gasteiger partial charge in [-0.25, -0.2) is 4.79 Å². The first-order chi connectivity index (χ1) is 17.3. The number of fused-ring (bicyclic) bond motifs is 1. The second-order valence-electron chi connectivity index (χ2n) is 12.5. The Morgan fingerprint density at radius 2 is 1.61 bits per heavy atom. The van der Waals surface area contributed by atoms with Gasteiger partial charge in [-0.05, 0) is 41.9 Å². The van der Waals surface area contributed by atoms with Crippen LogP contribution in [0.3, 0.4) is 0 Å². The molecule has 5 N–H and O–H groups in total. The van der Waals surface area contributed by atoms with Crippen molar-refractivity contribution in [3.05, 3.63) is 0 Å². The molecule has 10 nitrogen and oxygen atoms in total. The van der Waals surface area contributed by atoms with E-state index in [9.17, 15) is 37.1 Å². The number of carbonyl (C=O) groups is 5. The monoisotopic (exact) mass is 545 g/mol. The number of rotatable bonds is 9. The Morgan fingerprint density at radius 1 is 1.03 bits per heavy atom. The lowest BCUT2D eigenvalue weighted by atomic mass is 9.85. The summed E-state index contributed by atoms with van der Waals surface area (Å²) in [5, 5.41) is 6.81. The lowest BCUT2D eigenvalue weighted by molar-refractivity contribution is -0.149. The number of nitrogens with one attached hydrogen (secondary N) is 3. The highest BCUT2D eigenvalue weighted by molar-refractivity contribution is 6.37. The Morgan fingerprint density at radius 3 is 2.08 bits per heavy atom. The van der Waals surface area contributed by atoms with Gasteiger partial charge >= 0.3 is 12.2 Å². The normalized spacial score (nSPS) is 26.4. The van der Waals surface area contributed by atoms with Crippen molar-refractivity contribution >= 4 is 29.5 Å². The molecule has 0 spiro atoms. The van der Waals surface area contributed by atoms with Crippen molar-refractivity contribution in [3.8, 4) is 0 Å². The van der Waals surface area contributed by atoms with Crippen LogP contribution >= 0.6 is 0 Å². The van der Waals surface area contributed by atoms with Crippen molar-refractivity contribution in [1.29, 1.82) is 0 Å². The zero-order valence-electron chi connectivity index (χ0n) is 22.6. The maximum atomic E-state index is 13.8. The van der Waals surface area contributed by atoms with Gasteiger partial charge in [0.25, 0.3) is 5.91 Å². The maximum Gasteiger partial charge on any atom is 0.408 e. The molecule has 0 aromatic rings. The predicted molar refractivity (Wildman–Crippen MR) is 130 cm³/mol. The van der Waals surface area contributed by atoms with Gasteiger partial charge in [0.15, 0.2) is 0 Å². The summed E-state index contributed by atoms with van der Waals surface area (Å²) in [7, 11) is 0. The van der Waals surface area contributed by atoms with Crippen LogP contribution in [0.4, 0.5) is 18.0 Å². The summed E-state index contributed by atoms with van der Waals surface area (Å²) < 4.78 is 38.8. The van der Waals surface area contributed by atoms with Gasteiger partial charge in [-0.15, -0.1) is 0 Å². The van der Waals surface area contributed by atoms with Gasteiger partial charge in [0.1, 0.15) is 18.1 Å². The van der Waals surface area contributed by atoms with E-state index in [-0.39, 0.29) is 36.1 Å². The van der Waals surface area contributed by atoms with Crippen LogP contribution in [0.25, 0.3) is 0 Å². The van der Waals surface area contributed by atoms with Crippen molar-refractivity contribution in [2.24, 2.45) is 34.3 Å². The minimum Gasteiger partial charge on any atom is -0.363 e. The van der Waals surface area contributed by atoms with Gasteiger partial charge in [-0.2, -0.15) is 13.2 Å². The van der Waals surface area contributed by atoms with Crippen LogP contribution in [0.15, 0.2) is 0 Å². The number of ketones is 1. The molecular formula is C25H38F3N5O5. The molecular weight excluding hydrogens is 507 g/mol. The fraction of sp³-hybridized carbons (Fsp3) is 0.800. The molecule has 2 saturated carbocycles. The number of primary amides is 1. The molecule has 5 amide bonds. The number of hydrogen-bond acceptors (Lipinski definition) is 5. The highest BCUT2D eigenvalue weighted by atomic mass is 19.4. The van der Waals surface area contributed by atoms with E-state index in [1.807, 2.05) is 13.8 Å². The molecule has 3 fully saturated rings. The number of nitrogens with two attached hydrogens (primary N) is 1. The third-order valence-corrected chi connectivity index (χ3v) is 8.13. The van der Waals surface area contributed by atoms with Gasteiger partial charge in [0, 0.05) is 6.54 Å². The Bertz CT molecular complexity index is 1000. The fourth-order valence-electron chi connectivity index (χ4n) is 5.43. The Hall–Kier alpha value is -2.86. The molecule has 3 aliphatic rings. The van der Waals surface area contributed by atoms with Gasteiger partial charge in [0.05, 0.1) is 6.04 Å². The second-order valence-corrected chi connectivity index (χ2v) is 12.5. The SMILES string of the molecule is CC(NC(=O)N[C@H](C(=O)N1C[C@H]2[C@@H]([C@H]1C(=O)NC(CC1CC1)C(=O)C(N)=O)C2(C)C)C(C)(C)C)C(F)(F)F. The van der Waals surface area contributed by atoms with Crippen molar-refractivity contribution in [1.82, 2.24) is 20.9 Å². The van der Waals surface area contributed by atoms with E-state index < -0.39 is 65.3 Å². The molecule has 0 bridgehead atoms. The van der Waals surface area contributed by atoms with Gasteiger partial charge in [-0.1, -0.05) is 47.5 Å². The minimum atomic E-state index is -4.66. The number of amides is 5. The van der Waals surface area contributed by atoms with Gasteiger partial charge in [0.2, 0.25) is 17.6 Å². The standard InChI is InChI=1S/C25H38F3N5O5/c1-11(25(26,27)28)30-22(38)32-18(23(2,3)4)21(37)33-10-13-15(24(13,5)6)16(33)20(36)31-14(9-12-7-8-12)17(34)19(29)35/h11-16,18H,7-10H2,1-6H3,(H2,29,35)(H,31,36)(H2,30,32,38)/t11?,13-,14?,15-,16-,18+/m0/s1. The lowest BCUT2D eigenvalue weighted by Gasteiger charge is -2.38. The van der Waals surface area contributed by atoms with E-state index in [2.05, 4.69) is 10.6 Å². The summed E-state index contributed by atoms with van der Waals surface area (Å²) in [6, 6.07) is -6.62. The molecule has 1 aliphatic heterocycles. The van der Waals surface area contributed by atoms with Crippen molar-refractivity contribution in [2.75, 3.05) is 6.54 Å². The van der Waals surface area contributed by atoms with Crippen LogP contribution in [-0.2, 0) is 19.2 Å². The number of hydrogen-bond donors (Lipinski definition) is 4. The number of halogens is 3. The zero-order chi connectivity index (χ0) is 29.0. The van der Waals surface area contributed by atoms with E-state index in [0.29, 0.717) is 0 Å². The number of carbonyl (C=O) groups excluding carboxylic acids is 5. The molecule has 6 atom stereocenters. The summed E-state index contributed by atoms with van der Waals surface area (Å²) >= 11 is 0. The van der Waals surface area contributed by atoms with E-state index in [0.717, 1.165) is 19.8 Å². The van der Waals surface area contributed by atoms with E-state index >= 15 is 0 Å². The van der Waals surface area contributed by atoms with Gasteiger partial charge < -0.3 is 26.6 Å². The van der Waals surface area contributed by atoms with Crippen LogP contribution in [0.1, 0.15) is 60.8 Å². The Labute approximate surface area is 220 Å². The molecule has 2 unspecified atom stereocenters. The third-order valence-electron chi connectivity index (χ3n) is 8.13. The van der Waals surface area contributed by atoms with Crippen LogP contribution < -0.4 is 21.7 Å². The molecule has 2 aliphatic carbocycles. The second kappa shape index (κ2) is 10.0. The summed E-state index contributed by atoms with van der Waals surface area (Å²) in [5.41, 5.74) is 4.02. The predicted octanol–water partition coefficient (Wildman–Crippen LogP) is 1.47. The Kier molecular flexibility index (Phi) is 7.84. The summed E-state index contributed by atoms with van der Waals surface area (Å²) in [6.07, 6.45) is -2.64. The van der Waals surface area contributed by atoms with Crippen LogP contribution in [0.5, 0.6) is 0 Å². The number of nitrogens with zero attached hydrogens (tertiary/aromatic N) is 1. The van der Waals surface area contributed by atoms with E-state index in [1.165, 1.54) is 4.90 Å². The molecule has 1 heterocycles. The molecule has 214 valence electrons. The number of Topliss-reactive ketones (excluding diaryl/α,β-unsaturated/α-hetero) is 1. The topological polar surface area (TPSA) is 151 Å². The molecule has 0 aromatic heterocycles. The van der Waals surface area contributed by atoms with E-state index in [4.69, 9.17) is 5.73 Å².